The van der Waals surface area contributed by atoms with E-state index in [1.807, 2.05) is 25.1 Å². The highest BCUT2D eigenvalue weighted by molar-refractivity contribution is 6.33. The van der Waals surface area contributed by atoms with Crippen LogP contribution in [0.25, 0.3) is 22.3 Å². The van der Waals surface area contributed by atoms with E-state index in [1.165, 1.54) is 6.92 Å². The van der Waals surface area contributed by atoms with E-state index in [1.54, 1.807) is 24.4 Å². The molecule has 2 aromatic heterocycles. The van der Waals surface area contributed by atoms with Crippen molar-refractivity contribution in [1.82, 2.24) is 15.0 Å². The maximum absolute atomic E-state index is 12.8. The first kappa shape index (κ1) is 21.7. The number of fused-ring (bicyclic) bond motifs is 1. The van der Waals surface area contributed by atoms with E-state index in [0.717, 1.165) is 23.2 Å². The normalized spacial score (nSPS) is 11.6. The summed E-state index contributed by atoms with van der Waals surface area (Å²) in [5.41, 5.74) is 2.96. The summed E-state index contributed by atoms with van der Waals surface area (Å²) in [5.74, 6) is -0.586. The van der Waals surface area contributed by atoms with Crippen LogP contribution in [-0.4, -0.2) is 20.9 Å². The zero-order chi connectivity index (χ0) is 23.0. The van der Waals surface area contributed by atoms with Crippen LogP contribution in [0.5, 0.6) is 0 Å². The van der Waals surface area contributed by atoms with Gasteiger partial charge in [0.2, 0.25) is 0 Å². The molecule has 32 heavy (non-hydrogen) atoms. The minimum atomic E-state index is -4.58. The van der Waals surface area contributed by atoms with Crippen molar-refractivity contribution in [2.45, 2.75) is 20.0 Å². The van der Waals surface area contributed by atoms with Gasteiger partial charge in [-0.1, -0.05) is 17.7 Å². The van der Waals surface area contributed by atoms with Crippen molar-refractivity contribution in [1.29, 1.82) is 0 Å². The Balaban J connectivity index is 1.63. The summed E-state index contributed by atoms with van der Waals surface area (Å²) in [4.78, 5) is 25.2. The number of benzene rings is 2. The number of hydrogen-bond donors (Lipinski definition) is 1. The van der Waals surface area contributed by atoms with Gasteiger partial charge in [0.15, 0.2) is 0 Å². The lowest BCUT2D eigenvalue weighted by Gasteiger charge is -2.12. The molecule has 0 atom stereocenters. The Kier molecular flexibility index (Phi) is 5.56. The van der Waals surface area contributed by atoms with E-state index in [0.29, 0.717) is 27.5 Å². The first-order chi connectivity index (χ1) is 15.1. The second kappa shape index (κ2) is 8.20. The van der Waals surface area contributed by atoms with Crippen molar-refractivity contribution in [3.8, 4) is 11.3 Å². The fourth-order valence-electron chi connectivity index (χ4n) is 3.21. The molecule has 0 saturated heterocycles. The number of pyridine rings is 1. The van der Waals surface area contributed by atoms with Crippen LogP contribution in [0.3, 0.4) is 0 Å². The van der Waals surface area contributed by atoms with Crippen LogP contribution in [-0.2, 0) is 6.18 Å². The highest BCUT2D eigenvalue weighted by Gasteiger charge is 2.33. The summed E-state index contributed by atoms with van der Waals surface area (Å²) in [6, 6.07) is 12.4. The van der Waals surface area contributed by atoms with Crippen LogP contribution in [0.1, 0.15) is 27.3 Å². The number of amides is 1. The Morgan fingerprint density at radius 2 is 1.75 bits per heavy atom. The number of hydrogen-bond acceptors (Lipinski definition) is 4. The first-order valence-corrected chi connectivity index (χ1v) is 9.89. The van der Waals surface area contributed by atoms with Crippen molar-refractivity contribution in [2.24, 2.45) is 0 Å². The fraction of sp³-hybridized carbons (Fsp3) is 0.130. The number of carbonyl (C=O) groups excluding carboxylic acids is 1. The molecule has 5 nitrogen and oxygen atoms in total. The Bertz CT molecular complexity index is 1360. The van der Waals surface area contributed by atoms with Gasteiger partial charge < -0.3 is 5.32 Å². The molecule has 2 aromatic carbocycles. The third-order valence-electron chi connectivity index (χ3n) is 4.82. The van der Waals surface area contributed by atoms with E-state index in [-0.39, 0.29) is 11.3 Å². The van der Waals surface area contributed by atoms with E-state index < -0.39 is 17.8 Å². The average molecular weight is 457 g/mol. The van der Waals surface area contributed by atoms with E-state index in [2.05, 4.69) is 20.3 Å². The second-order valence-electron chi connectivity index (χ2n) is 7.22. The number of rotatable bonds is 3. The zero-order valence-corrected chi connectivity index (χ0v) is 17.7. The minimum Gasteiger partial charge on any atom is -0.322 e. The maximum Gasteiger partial charge on any atom is 0.433 e. The van der Waals surface area contributed by atoms with E-state index >= 15 is 0 Å². The molecule has 0 radical (unpaired) electrons. The zero-order valence-electron chi connectivity index (χ0n) is 17.0. The lowest BCUT2D eigenvalue weighted by Crippen LogP contribution is -2.16. The second-order valence-corrected chi connectivity index (χ2v) is 7.63. The Morgan fingerprint density at radius 1 is 0.969 bits per heavy atom. The third kappa shape index (κ3) is 4.40. The summed E-state index contributed by atoms with van der Waals surface area (Å²) < 4.78 is 38.5. The summed E-state index contributed by atoms with van der Waals surface area (Å²) >= 11 is 6.35. The summed E-state index contributed by atoms with van der Waals surface area (Å²) in [7, 11) is 0. The number of halogens is 4. The van der Waals surface area contributed by atoms with Gasteiger partial charge in [-0.15, -0.1) is 0 Å². The predicted octanol–water partition coefficient (Wildman–Crippen LogP) is 6.23. The quantitative estimate of drug-likeness (QED) is 0.396. The van der Waals surface area contributed by atoms with E-state index in [9.17, 15) is 18.0 Å². The number of alkyl halides is 3. The molecule has 0 bridgehead atoms. The van der Waals surface area contributed by atoms with Crippen LogP contribution < -0.4 is 5.32 Å². The van der Waals surface area contributed by atoms with Crippen LogP contribution >= 0.6 is 11.6 Å². The van der Waals surface area contributed by atoms with Gasteiger partial charge >= 0.3 is 6.18 Å². The molecule has 0 spiro atoms. The SMILES string of the molecule is Cc1ccc2nc(-c3cc(NC(=O)c4ccc(C(F)(F)F)nc4C)ccc3Cl)cnc2c1. The molecule has 0 fully saturated rings. The van der Waals surface area contributed by atoms with Crippen molar-refractivity contribution in [2.75, 3.05) is 5.32 Å². The number of nitrogens with one attached hydrogen (secondary N) is 1. The molecule has 0 aliphatic heterocycles. The van der Waals surface area contributed by atoms with Crippen LogP contribution in [0.4, 0.5) is 18.9 Å². The van der Waals surface area contributed by atoms with Gasteiger partial charge in [0.1, 0.15) is 5.69 Å². The van der Waals surface area contributed by atoms with Gasteiger partial charge in [0.05, 0.1) is 39.2 Å². The Labute approximate surface area is 186 Å². The number of aryl methyl sites for hydroxylation is 2. The molecule has 4 rings (SSSR count). The van der Waals surface area contributed by atoms with Gasteiger partial charge in [-0.05, 0) is 61.9 Å². The summed E-state index contributed by atoms with van der Waals surface area (Å²) in [5, 5.41) is 3.09. The molecule has 4 aromatic rings. The topological polar surface area (TPSA) is 67.8 Å². The predicted molar refractivity (Wildman–Crippen MR) is 117 cm³/mol. The van der Waals surface area contributed by atoms with Crippen LogP contribution in [0.2, 0.25) is 5.02 Å². The number of aromatic nitrogens is 3. The molecular formula is C23H16ClF3N4O. The Hall–Kier alpha value is -3.52. The van der Waals surface area contributed by atoms with Crippen molar-refractivity contribution in [3.05, 3.63) is 82.3 Å². The smallest absolute Gasteiger partial charge is 0.322 e. The molecule has 0 aliphatic rings. The molecule has 9 heteroatoms. The molecule has 1 amide bonds. The van der Waals surface area contributed by atoms with Gasteiger partial charge in [-0.3, -0.25) is 9.78 Å². The largest absolute Gasteiger partial charge is 0.433 e. The number of carbonyl (C=O) groups is 1. The molecule has 0 aliphatic carbocycles. The highest BCUT2D eigenvalue weighted by atomic mass is 35.5. The van der Waals surface area contributed by atoms with E-state index in [4.69, 9.17) is 11.6 Å². The van der Waals surface area contributed by atoms with Crippen molar-refractivity contribution >= 4 is 34.2 Å². The van der Waals surface area contributed by atoms with Crippen molar-refractivity contribution in [3.63, 3.8) is 0 Å². The maximum atomic E-state index is 12.8. The van der Waals surface area contributed by atoms with Gasteiger partial charge in [0, 0.05) is 11.3 Å². The highest BCUT2D eigenvalue weighted by Crippen LogP contribution is 2.31. The molecule has 2 heterocycles. The summed E-state index contributed by atoms with van der Waals surface area (Å²) in [6.45, 7) is 3.32. The standard InChI is InChI=1S/C23H16ClF3N4O/c1-12-3-7-18-19(9-12)28-11-20(31-18)16-10-14(4-6-17(16)24)30-22(32)15-5-8-21(23(25,26)27)29-13(15)2/h3-11H,1-2H3,(H,30,32). The first-order valence-electron chi connectivity index (χ1n) is 9.51. The molecule has 1 N–H and O–H groups in total. The molecular weight excluding hydrogens is 441 g/mol. The number of anilines is 1. The van der Waals surface area contributed by atoms with Crippen LogP contribution in [0.15, 0.2) is 54.7 Å². The van der Waals surface area contributed by atoms with Gasteiger partial charge in [-0.2, -0.15) is 13.2 Å². The lowest BCUT2D eigenvalue weighted by atomic mass is 10.1. The molecule has 162 valence electrons. The van der Waals surface area contributed by atoms with Gasteiger partial charge in [-0.25, -0.2) is 9.97 Å². The summed E-state index contributed by atoms with van der Waals surface area (Å²) in [6.07, 6.45) is -2.98. The fourth-order valence-corrected chi connectivity index (χ4v) is 3.42. The Morgan fingerprint density at radius 3 is 2.47 bits per heavy atom. The minimum absolute atomic E-state index is 0.0257. The lowest BCUT2D eigenvalue weighted by molar-refractivity contribution is -0.141. The molecule has 0 unspecified atom stereocenters. The van der Waals surface area contributed by atoms with Gasteiger partial charge in [0.25, 0.3) is 5.91 Å². The monoisotopic (exact) mass is 456 g/mol. The molecule has 0 saturated carbocycles. The average Bonchev–Trinajstić information content (AvgIpc) is 2.74. The van der Waals surface area contributed by atoms with Crippen LogP contribution in [0, 0.1) is 13.8 Å². The third-order valence-corrected chi connectivity index (χ3v) is 5.15. The van der Waals surface area contributed by atoms with Crippen molar-refractivity contribution < 1.29 is 18.0 Å². The number of nitrogens with zero attached hydrogens (tertiary/aromatic N) is 3.